The SMILES string of the molecule is Cc1ccc(C)c(-c2csc(NC(=O)c3cccc(S(=O)(=O)NC4CC4)c3)n2)c1. The van der Waals surface area contributed by atoms with Crippen LogP contribution < -0.4 is 10.0 Å². The lowest BCUT2D eigenvalue weighted by Crippen LogP contribution is -2.26. The number of thiazole rings is 1. The van der Waals surface area contributed by atoms with Gasteiger partial charge >= 0.3 is 0 Å². The van der Waals surface area contributed by atoms with E-state index >= 15 is 0 Å². The number of hydrogen-bond acceptors (Lipinski definition) is 5. The van der Waals surface area contributed by atoms with E-state index in [9.17, 15) is 13.2 Å². The summed E-state index contributed by atoms with van der Waals surface area (Å²) in [6.07, 6.45) is 1.71. The van der Waals surface area contributed by atoms with Crippen LogP contribution in [0.1, 0.15) is 34.3 Å². The number of carbonyl (C=O) groups is 1. The second kappa shape index (κ2) is 7.70. The first-order valence-electron chi connectivity index (χ1n) is 9.29. The van der Waals surface area contributed by atoms with Gasteiger partial charge in [-0.2, -0.15) is 0 Å². The molecule has 1 heterocycles. The van der Waals surface area contributed by atoms with Gasteiger partial charge < -0.3 is 0 Å². The van der Waals surface area contributed by atoms with Crippen LogP contribution in [0.5, 0.6) is 0 Å². The highest BCUT2D eigenvalue weighted by molar-refractivity contribution is 7.89. The Bertz CT molecular complexity index is 1180. The van der Waals surface area contributed by atoms with E-state index in [0.717, 1.165) is 35.2 Å². The van der Waals surface area contributed by atoms with Gasteiger partial charge in [0.05, 0.1) is 10.6 Å². The number of hydrogen-bond donors (Lipinski definition) is 2. The molecule has 8 heteroatoms. The van der Waals surface area contributed by atoms with Gasteiger partial charge in [-0.25, -0.2) is 18.1 Å². The molecule has 1 aliphatic carbocycles. The van der Waals surface area contributed by atoms with E-state index in [-0.39, 0.29) is 16.5 Å². The lowest BCUT2D eigenvalue weighted by atomic mass is 10.0. The van der Waals surface area contributed by atoms with Crippen molar-refractivity contribution < 1.29 is 13.2 Å². The topological polar surface area (TPSA) is 88.2 Å². The Morgan fingerprint density at radius 3 is 2.69 bits per heavy atom. The molecule has 0 bridgehead atoms. The molecule has 0 atom stereocenters. The molecular weight excluding hydrogens is 406 g/mol. The first-order chi connectivity index (χ1) is 13.8. The van der Waals surface area contributed by atoms with Crippen LogP contribution >= 0.6 is 11.3 Å². The third-order valence-corrected chi connectivity index (χ3v) is 6.98. The van der Waals surface area contributed by atoms with Crippen molar-refractivity contribution >= 4 is 32.4 Å². The fraction of sp³-hybridized carbons (Fsp3) is 0.238. The molecule has 0 unspecified atom stereocenters. The molecule has 1 amide bonds. The maximum atomic E-state index is 12.6. The van der Waals surface area contributed by atoms with Crippen LogP contribution in [0.4, 0.5) is 5.13 Å². The van der Waals surface area contributed by atoms with Crippen LogP contribution in [0.2, 0.25) is 0 Å². The first kappa shape index (κ1) is 19.8. The van der Waals surface area contributed by atoms with E-state index in [2.05, 4.69) is 21.1 Å². The van der Waals surface area contributed by atoms with E-state index < -0.39 is 15.9 Å². The molecule has 150 valence electrons. The van der Waals surface area contributed by atoms with E-state index in [1.165, 1.54) is 23.5 Å². The average molecular weight is 428 g/mol. The summed E-state index contributed by atoms with van der Waals surface area (Å²) in [5, 5.41) is 5.14. The average Bonchev–Trinajstić information content (AvgIpc) is 3.37. The van der Waals surface area contributed by atoms with Gasteiger partial charge in [-0.3, -0.25) is 10.1 Å². The number of anilines is 1. The predicted molar refractivity (Wildman–Crippen MR) is 115 cm³/mol. The van der Waals surface area contributed by atoms with Gasteiger partial charge in [-0.05, 0) is 56.5 Å². The number of sulfonamides is 1. The molecule has 6 nitrogen and oxygen atoms in total. The maximum absolute atomic E-state index is 12.6. The van der Waals surface area contributed by atoms with Gasteiger partial charge in [0.2, 0.25) is 10.0 Å². The van der Waals surface area contributed by atoms with Crippen molar-refractivity contribution in [3.05, 3.63) is 64.5 Å². The Morgan fingerprint density at radius 2 is 1.93 bits per heavy atom. The van der Waals surface area contributed by atoms with Crippen molar-refractivity contribution in [1.29, 1.82) is 0 Å². The van der Waals surface area contributed by atoms with E-state index in [1.807, 2.05) is 31.4 Å². The molecule has 4 rings (SSSR count). The Morgan fingerprint density at radius 1 is 1.14 bits per heavy atom. The van der Waals surface area contributed by atoms with Crippen molar-refractivity contribution in [2.24, 2.45) is 0 Å². The van der Waals surface area contributed by atoms with Gasteiger partial charge in [0, 0.05) is 22.5 Å². The monoisotopic (exact) mass is 427 g/mol. The number of carbonyl (C=O) groups excluding carboxylic acids is 1. The van der Waals surface area contributed by atoms with E-state index in [1.54, 1.807) is 12.1 Å². The largest absolute Gasteiger partial charge is 0.298 e. The highest BCUT2D eigenvalue weighted by Crippen LogP contribution is 2.28. The maximum Gasteiger partial charge on any atom is 0.257 e. The predicted octanol–water partition coefficient (Wildman–Crippen LogP) is 4.12. The number of aryl methyl sites for hydroxylation is 2. The standard InChI is InChI=1S/C21H21N3O3S2/c1-13-6-7-14(2)18(10-13)19-12-28-21(22-19)23-20(25)15-4-3-5-17(11-15)29(26,27)24-16-8-9-16/h3-7,10-12,16,24H,8-9H2,1-2H3,(H,22,23,25). The Hall–Kier alpha value is -2.55. The van der Waals surface area contributed by atoms with Crippen LogP contribution in [0, 0.1) is 13.8 Å². The summed E-state index contributed by atoms with van der Waals surface area (Å²) in [7, 11) is -3.61. The molecule has 2 aromatic carbocycles. The molecular formula is C21H21N3O3S2. The van der Waals surface area contributed by atoms with Gasteiger partial charge in [0.1, 0.15) is 0 Å². The summed E-state index contributed by atoms with van der Waals surface area (Å²) < 4.78 is 27.4. The Balaban J connectivity index is 1.52. The highest BCUT2D eigenvalue weighted by atomic mass is 32.2. The number of aromatic nitrogens is 1. The quantitative estimate of drug-likeness (QED) is 0.619. The zero-order chi connectivity index (χ0) is 20.6. The van der Waals surface area contributed by atoms with E-state index in [4.69, 9.17) is 0 Å². The lowest BCUT2D eigenvalue weighted by Gasteiger charge is -2.07. The zero-order valence-electron chi connectivity index (χ0n) is 16.1. The summed E-state index contributed by atoms with van der Waals surface area (Å²) >= 11 is 1.33. The second-order valence-corrected chi connectivity index (χ2v) is 9.81. The van der Waals surface area contributed by atoms with E-state index in [0.29, 0.717) is 5.13 Å². The van der Waals surface area contributed by atoms with Crippen LogP contribution in [0.25, 0.3) is 11.3 Å². The molecule has 2 N–H and O–H groups in total. The lowest BCUT2D eigenvalue weighted by molar-refractivity contribution is 0.102. The number of amides is 1. The minimum absolute atomic E-state index is 0.0105. The van der Waals surface area contributed by atoms with Gasteiger partial charge in [-0.15, -0.1) is 11.3 Å². The molecule has 1 saturated carbocycles. The molecule has 29 heavy (non-hydrogen) atoms. The summed E-state index contributed by atoms with van der Waals surface area (Å²) in [4.78, 5) is 17.2. The Labute approximate surface area is 174 Å². The van der Waals surface area contributed by atoms with Crippen molar-refractivity contribution in [3.63, 3.8) is 0 Å². The zero-order valence-corrected chi connectivity index (χ0v) is 17.7. The van der Waals surface area contributed by atoms with Gasteiger partial charge in [0.15, 0.2) is 5.13 Å². The second-order valence-electron chi connectivity index (χ2n) is 7.23. The molecule has 3 aromatic rings. The van der Waals surface area contributed by atoms with Crippen molar-refractivity contribution in [3.8, 4) is 11.3 Å². The Kier molecular flexibility index (Phi) is 5.24. The minimum atomic E-state index is -3.61. The van der Waals surface area contributed by atoms with Crippen molar-refractivity contribution in [2.75, 3.05) is 5.32 Å². The van der Waals surface area contributed by atoms with Crippen LogP contribution in [-0.2, 0) is 10.0 Å². The third-order valence-electron chi connectivity index (χ3n) is 4.70. The number of nitrogens with zero attached hydrogens (tertiary/aromatic N) is 1. The fourth-order valence-electron chi connectivity index (χ4n) is 2.93. The molecule has 1 fully saturated rings. The summed E-state index contributed by atoms with van der Waals surface area (Å²) in [6, 6.07) is 12.2. The summed E-state index contributed by atoms with van der Waals surface area (Å²) in [5.74, 6) is -0.393. The van der Waals surface area contributed by atoms with Crippen LogP contribution in [-0.4, -0.2) is 25.4 Å². The number of nitrogens with one attached hydrogen (secondary N) is 2. The highest BCUT2D eigenvalue weighted by Gasteiger charge is 2.28. The van der Waals surface area contributed by atoms with Crippen molar-refractivity contribution in [2.45, 2.75) is 37.6 Å². The fourth-order valence-corrected chi connectivity index (χ4v) is 4.99. The summed E-state index contributed by atoms with van der Waals surface area (Å²) in [6.45, 7) is 4.05. The molecule has 0 spiro atoms. The number of rotatable bonds is 6. The molecule has 0 aliphatic heterocycles. The molecule has 1 aliphatic rings. The minimum Gasteiger partial charge on any atom is -0.298 e. The number of benzene rings is 2. The molecule has 1 aromatic heterocycles. The van der Waals surface area contributed by atoms with Crippen LogP contribution in [0.3, 0.4) is 0 Å². The van der Waals surface area contributed by atoms with Crippen molar-refractivity contribution in [1.82, 2.24) is 9.71 Å². The van der Waals surface area contributed by atoms with Gasteiger partial charge in [0.25, 0.3) is 5.91 Å². The summed E-state index contributed by atoms with van der Waals surface area (Å²) in [5.41, 5.74) is 4.35. The third kappa shape index (κ3) is 4.55. The first-order valence-corrected chi connectivity index (χ1v) is 11.6. The molecule has 0 saturated heterocycles. The smallest absolute Gasteiger partial charge is 0.257 e. The molecule has 0 radical (unpaired) electrons. The van der Waals surface area contributed by atoms with Gasteiger partial charge in [-0.1, -0.05) is 23.8 Å². The van der Waals surface area contributed by atoms with Crippen LogP contribution in [0.15, 0.2) is 52.7 Å². The normalized spacial score (nSPS) is 14.0.